The number of anilines is 2. The number of nitrogens with zero attached hydrogens (tertiary/aromatic N) is 3. The van der Waals surface area contributed by atoms with Gasteiger partial charge in [-0.15, -0.1) is 0 Å². The fraction of sp³-hybridized carbons (Fsp3) is 0.320. The van der Waals surface area contributed by atoms with Gasteiger partial charge in [-0.2, -0.15) is 0 Å². The molecule has 0 bridgehead atoms. The van der Waals surface area contributed by atoms with Gasteiger partial charge in [-0.05, 0) is 49.7 Å². The number of aryl methyl sites for hydroxylation is 1. The lowest BCUT2D eigenvalue weighted by Gasteiger charge is -2.34. The van der Waals surface area contributed by atoms with E-state index in [-0.39, 0.29) is 17.8 Å². The van der Waals surface area contributed by atoms with Crippen LogP contribution in [0.4, 0.5) is 16.3 Å². The Kier molecular flexibility index (Phi) is 7.32. The Morgan fingerprint density at radius 1 is 1.14 bits per heavy atom. The Bertz CT molecular complexity index is 1310. The van der Waals surface area contributed by atoms with Crippen molar-refractivity contribution in [3.63, 3.8) is 0 Å². The van der Waals surface area contributed by atoms with Crippen LogP contribution in [0.3, 0.4) is 0 Å². The maximum atomic E-state index is 13.3. The SMILES string of the molecule is CNC(=O)Nc1ccc(-c2nc(CS(=O)(=O)c3ccccc3C)cc(N3CCOC[C@@H]3C)n2)cc1. The van der Waals surface area contributed by atoms with Crippen molar-refractivity contribution in [3.8, 4) is 11.4 Å². The molecule has 4 rings (SSSR count). The van der Waals surface area contributed by atoms with Gasteiger partial charge >= 0.3 is 6.03 Å². The lowest BCUT2D eigenvalue weighted by molar-refractivity contribution is 0.0985. The van der Waals surface area contributed by atoms with Gasteiger partial charge in [0.15, 0.2) is 15.7 Å². The topological polar surface area (TPSA) is 114 Å². The van der Waals surface area contributed by atoms with Gasteiger partial charge in [0.2, 0.25) is 0 Å². The summed E-state index contributed by atoms with van der Waals surface area (Å²) in [6, 6.07) is 15.6. The van der Waals surface area contributed by atoms with Crippen molar-refractivity contribution in [3.05, 3.63) is 65.9 Å². The second-order valence-corrected chi connectivity index (χ2v) is 10.4. The molecule has 1 atom stereocenters. The number of carbonyl (C=O) groups is 1. The van der Waals surface area contributed by atoms with E-state index < -0.39 is 9.84 Å². The van der Waals surface area contributed by atoms with E-state index in [9.17, 15) is 13.2 Å². The molecule has 35 heavy (non-hydrogen) atoms. The summed E-state index contributed by atoms with van der Waals surface area (Å²) in [6.45, 7) is 5.62. The zero-order valence-electron chi connectivity index (χ0n) is 20.0. The Morgan fingerprint density at radius 2 is 1.89 bits per heavy atom. The minimum absolute atomic E-state index is 0.0893. The van der Waals surface area contributed by atoms with Gasteiger partial charge < -0.3 is 20.3 Å². The molecule has 0 spiro atoms. The Labute approximate surface area is 205 Å². The van der Waals surface area contributed by atoms with E-state index in [1.807, 2.05) is 13.0 Å². The predicted octanol–water partition coefficient (Wildman–Crippen LogP) is 3.40. The summed E-state index contributed by atoms with van der Waals surface area (Å²) in [5.74, 6) is 0.839. The van der Waals surface area contributed by atoms with Gasteiger partial charge in [-0.25, -0.2) is 23.2 Å². The van der Waals surface area contributed by atoms with Crippen LogP contribution in [0, 0.1) is 6.92 Å². The first kappa shape index (κ1) is 24.6. The number of benzene rings is 2. The molecule has 2 amide bonds. The number of rotatable bonds is 6. The number of sulfone groups is 1. The van der Waals surface area contributed by atoms with E-state index in [4.69, 9.17) is 9.72 Å². The molecule has 2 aromatic carbocycles. The number of urea groups is 1. The molecule has 1 aromatic heterocycles. The number of aromatic nitrogens is 2. The van der Waals surface area contributed by atoms with Gasteiger partial charge in [-0.1, -0.05) is 18.2 Å². The van der Waals surface area contributed by atoms with Gasteiger partial charge in [0.1, 0.15) is 5.82 Å². The van der Waals surface area contributed by atoms with Crippen LogP contribution >= 0.6 is 0 Å². The third kappa shape index (κ3) is 5.77. The number of hydrogen-bond donors (Lipinski definition) is 2. The monoisotopic (exact) mass is 495 g/mol. The standard InChI is InChI=1S/C25H29N5O4S/c1-17-6-4-5-7-22(17)35(32,33)16-21-14-23(30-12-13-34-15-18(30)2)29-24(27-21)19-8-10-20(11-9-19)28-25(31)26-3/h4-11,14,18H,12-13,15-16H2,1-3H3,(H2,26,28,31)/t18-/m0/s1. The molecule has 3 aromatic rings. The lowest BCUT2D eigenvalue weighted by atomic mass is 10.2. The number of nitrogens with one attached hydrogen (secondary N) is 2. The number of amides is 2. The third-order valence-corrected chi connectivity index (χ3v) is 7.63. The molecule has 2 heterocycles. The van der Waals surface area contributed by atoms with Gasteiger partial charge in [-0.3, -0.25) is 0 Å². The van der Waals surface area contributed by atoms with Crippen molar-refractivity contribution in [1.82, 2.24) is 15.3 Å². The molecular weight excluding hydrogens is 466 g/mol. The summed E-state index contributed by atoms with van der Waals surface area (Å²) in [5.41, 5.74) is 2.45. The fourth-order valence-corrected chi connectivity index (χ4v) is 5.51. The molecule has 0 aliphatic carbocycles. The number of hydrogen-bond acceptors (Lipinski definition) is 7. The van der Waals surface area contributed by atoms with Crippen molar-refractivity contribution in [2.24, 2.45) is 0 Å². The predicted molar refractivity (Wildman–Crippen MR) is 135 cm³/mol. The molecule has 184 valence electrons. The van der Waals surface area contributed by atoms with Crippen LogP contribution in [0.15, 0.2) is 59.5 Å². The molecule has 1 aliphatic heterocycles. The van der Waals surface area contributed by atoms with Gasteiger partial charge in [0.25, 0.3) is 0 Å². The summed E-state index contributed by atoms with van der Waals surface area (Å²) in [4.78, 5) is 23.4. The van der Waals surface area contributed by atoms with Gasteiger partial charge in [0.05, 0.1) is 35.6 Å². The molecule has 0 radical (unpaired) electrons. The van der Waals surface area contributed by atoms with E-state index in [0.29, 0.717) is 58.8 Å². The summed E-state index contributed by atoms with van der Waals surface area (Å²) >= 11 is 0. The smallest absolute Gasteiger partial charge is 0.318 e. The van der Waals surface area contributed by atoms with Crippen molar-refractivity contribution < 1.29 is 17.9 Å². The van der Waals surface area contributed by atoms with Crippen LogP contribution in [0.2, 0.25) is 0 Å². The Hall–Kier alpha value is -3.50. The largest absolute Gasteiger partial charge is 0.377 e. The molecule has 2 N–H and O–H groups in total. The first-order valence-electron chi connectivity index (χ1n) is 11.4. The average Bonchev–Trinajstić information content (AvgIpc) is 2.84. The van der Waals surface area contributed by atoms with Crippen LogP contribution in [-0.2, 0) is 20.3 Å². The Morgan fingerprint density at radius 3 is 2.57 bits per heavy atom. The summed E-state index contributed by atoms with van der Waals surface area (Å²) in [6.07, 6.45) is 0. The van der Waals surface area contributed by atoms with Crippen molar-refractivity contribution in [2.45, 2.75) is 30.5 Å². The van der Waals surface area contributed by atoms with Crippen molar-refractivity contribution in [1.29, 1.82) is 0 Å². The first-order valence-corrected chi connectivity index (χ1v) is 13.0. The highest BCUT2D eigenvalue weighted by Crippen LogP contribution is 2.27. The molecule has 0 saturated carbocycles. The minimum Gasteiger partial charge on any atom is -0.377 e. The minimum atomic E-state index is -3.62. The quantitative estimate of drug-likeness (QED) is 0.539. The van der Waals surface area contributed by atoms with Gasteiger partial charge in [0, 0.05) is 30.9 Å². The molecule has 0 unspecified atom stereocenters. The highest BCUT2D eigenvalue weighted by atomic mass is 32.2. The molecule has 1 fully saturated rings. The Balaban J connectivity index is 1.72. The molecule has 9 nitrogen and oxygen atoms in total. The van der Waals surface area contributed by atoms with Crippen LogP contribution in [0.25, 0.3) is 11.4 Å². The molecule has 1 aliphatic rings. The maximum absolute atomic E-state index is 13.3. The zero-order chi connectivity index (χ0) is 25.0. The maximum Gasteiger partial charge on any atom is 0.318 e. The van der Waals surface area contributed by atoms with Crippen LogP contribution in [-0.4, -0.2) is 57.3 Å². The number of morpholine rings is 1. The highest BCUT2D eigenvalue weighted by Gasteiger charge is 2.24. The van der Waals surface area contributed by atoms with Crippen molar-refractivity contribution >= 4 is 27.4 Å². The molecule has 10 heteroatoms. The van der Waals surface area contributed by atoms with Crippen LogP contribution < -0.4 is 15.5 Å². The summed E-state index contributed by atoms with van der Waals surface area (Å²) in [7, 11) is -2.07. The van der Waals surface area contributed by atoms with E-state index in [1.54, 1.807) is 62.5 Å². The zero-order valence-corrected chi connectivity index (χ0v) is 20.8. The van der Waals surface area contributed by atoms with E-state index in [1.165, 1.54) is 0 Å². The summed E-state index contributed by atoms with van der Waals surface area (Å²) in [5, 5.41) is 5.22. The van der Waals surface area contributed by atoms with E-state index >= 15 is 0 Å². The van der Waals surface area contributed by atoms with E-state index in [0.717, 1.165) is 0 Å². The van der Waals surface area contributed by atoms with Crippen LogP contribution in [0.1, 0.15) is 18.2 Å². The highest BCUT2D eigenvalue weighted by molar-refractivity contribution is 7.90. The molecular formula is C25H29N5O4S. The first-order chi connectivity index (χ1) is 16.8. The normalized spacial score (nSPS) is 16.1. The summed E-state index contributed by atoms with van der Waals surface area (Å²) < 4.78 is 32.1. The second-order valence-electron chi connectivity index (χ2n) is 8.46. The second kappa shape index (κ2) is 10.4. The molecule has 1 saturated heterocycles. The third-order valence-electron chi connectivity index (χ3n) is 5.82. The number of carbonyl (C=O) groups excluding carboxylic acids is 1. The van der Waals surface area contributed by atoms with Crippen molar-refractivity contribution in [2.75, 3.05) is 37.0 Å². The fourth-order valence-electron chi connectivity index (χ4n) is 3.97. The average molecular weight is 496 g/mol. The van der Waals surface area contributed by atoms with Crippen LogP contribution in [0.5, 0.6) is 0 Å². The van der Waals surface area contributed by atoms with E-state index in [2.05, 4.69) is 20.5 Å². The lowest BCUT2D eigenvalue weighted by Crippen LogP contribution is -2.44. The number of ether oxygens (including phenoxy) is 1.